The van der Waals surface area contributed by atoms with E-state index in [0.717, 1.165) is 62.3 Å². The number of carboxylic acids is 1. The van der Waals surface area contributed by atoms with Gasteiger partial charge in [0, 0.05) is 66.6 Å². The van der Waals surface area contributed by atoms with E-state index in [1.54, 1.807) is 24.6 Å². The lowest BCUT2D eigenvalue weighted by Crippen LogP contribution is -2.35. The number of fused-ring (bicyclic) bond motifs is 1. The van der Waals surface area contributed by atoms with Gasteiger partial charge in [0.2, 0.25) is 11.8 Å². The predicted octanol–water partition coefficient (Wildman–Crippen LogP) is 7.89. The minimum absolute atomic E-state index is 0.0968. The van der Waals surface area contributed by atoms with Crippen molar-refractivity contribution in [1.29, 1.82) is 0 Å². The van der Waals surface area contributed by atoms with E-state index in [-0.39, 0.29) is 23.9 Å². The molecule has 11 nitrogen and oxygen atoms in total. The van der Waals surface area contributed by atoms with Gasteiger partial charge in [-0.15, -0.1) is 11.3 Å². The van der Waals surface area contributed by atoms with Crippen LogP contribution in [0.15, 0.2) is 54.7 Å². The smallest absolute Gasteiger partial charge is 0.306 e. The fourth-order valence-corrected chi connectivity index (χ4v) is 8.65. The zero-order valence-corrected chi connectivity index (χ0v) is 31.8. The van der Waals surface area contributed by atoms with E-state index in [1.165, 1.54) is 0 Å². The van der Waals surface area contributed by atoms with Gasteiger partial charge in [0.25, 0.3) is 0 Å². The number of nitrogens with zero attached hydrogens (tertiary/aromatic N) is 3. The highest BCUT2D eigenvalue weighted by Crippen LogP contribution is 2.43. The monoisotopic (exact) mass is 773 g/mol. The molecule has 4 heterocycles. The zero-order chi connectivity index (χ0) is 37.1. The standard InChI is InChI=1S/C39H41Cl2N7O4S/c1-21-17-30(47-38(52-2)28(21)19-42-18-24-13-14-32(49)45-24)27-7-3-5-25(34(27)40)26-6-4-8-29(35(26)41)46-37-36-31(15-16-43-37)53-33(48-36)20-44-23-11-9-22(10-12-23)39(50)51/h3-8,15-17,22-24,42,44H,9-14,18-20H2,1-2H3,(H,43,46)(H,45,49)(H,50,51). The number of carboxylic acid groups (broad SMARTS) is 1. The molecule has 1 aliphatic carbocycles. The summed E-state index contributed by atoms with van der Waals surface area (Å²) in [4.78, 5) is 37.3. The van der Waals surface area contributed by atoms with E-state index in [1.807, 2.05) is 55.5 Å². The number of hydrogen-bond donors (Lipinski definition) is 5. The Morgan fingerprint density at radius 2 is 1.75 bits per heavy atom. The molecule has 1 saturated heterocycles. The van der Waals surface area contributed by atoms with Gasteiger partial charge in [-0.3, -0.25) is 9.59 Å². The van der Waals surface area contributed by atoms with E-state index in [2.05, 4.69) is 26.3 Å². The molecule has 1 aliphatic heterocycles. The van der Waals surface area contributed by atoms with Crippen LogP contribution in [0.1, 0.15) is 54.7 Å². The van der Waals surface area contributed by atoms with E-state index < -0.39 is 5.97 Å². The summed E-state index contributed by atoms with van der Waals surface area (Å²) in [5, 5.41) is 24.7. The van der Waals surface area contributed by atoms with Crippen LogP contribution in [0.4, 0.5) is 11.5 Å². The summed E-state index contributed by atoms with van der Waals surface area (Å²) >= 11 is 15.9. The van der Waals surface area contributed by atoms with Gasteiger partial charge < -0.3 is 31.1 Å². The van der Waals surface area contributed by atoms with Crippen molar-refractivity contribution in [3.05, 3.63) is 80.9 Å². The van der Waals surface area contributed by atoms with Gasteiger partial charge in [0.15, 0.2) is 5.82 Å². The van der Waals surface area contributed by atoms with Crippen LogP contribution < -0.4 is 26.0 Å². The van der Waals surface area contributed by atoms with Crippen LogP contribution >= 0.6 is 34.5 Å². The predicted molar refractivity (Wildman–Crippen MR) is 210 cm³/mol. The second kappa shape index (κ2) is 16.4. The van der Waals surface area contributed by atoms with E-state index in [0.29, 0.717) is 72.0 Å². The Balaban J connectivity index is 1.08. The largest absolute Gasteiger partial charge is 0.481 e. The quantitative estimate of drug-likeness (QED) is 0.0800. The van der Waals surface area contributed by atoms with Crippen molar-refractivity contribution in [2.45, 2.75) is 70.6 Å². The molecule has 2 fully saturated rings. The first-order valence-electron chi connectivity index (χ1n) is 17.8. The number of carbonyl (C=O) groups excluding carboxylic acids is 1. The second-order valence-electron chi connectivity index (χ2n) is 13.6. The Hall–Kier alpha value is -4.33. The number of rotatable bonds is 13. The Morgan fingerprint density at radius 3 is 2.49 bits per heavy atom. The molecule has 1 atom stereocenters. The number of benzene rings is 2. The number of halogens is 2. The van der Waals surface area contributed by atoms with Crippen LogP contribution in [0.25, 0.3) is 32.6 Å². The Kier molecular flexibility index (Phi) is 11.4. The normalized spacial score (nSPS) is 18.6. The topological polar surface area (TPSA) is 150 Å². The van der Waals surface area contributed by atoms with Crippen LogP contribution in [0, 0.1) is 12.8 Å². The summed E-state index contributed by atoms with van der Waals surface area (Å²) in [6.07, 6.45) is 6.23. The summed E-state index contributed by atoms with van der Waals surface area (Å²) in [7, 11) is 1.61. The Morgan fingerprint density at radius 1 is 1.00 bits per heavy atom. The molecule has 276 valence electrons. The van der Waals surface area contributed by atoms with Crippen molar-refractivity contribution in [1.82, 2.24) is 30.9 Å². The zero-order valence-electron chi connectivity index (χ0n) is 29.5. The number of aromatic nitrogens is 3. The molecule has 0 bridgehead atoms. The maximum absolute atomic E-state index is 11.6. The molecule has 2 aromatic carbocycles. The van der Waals surface area contributed by atoms with Crippen molar-refractivity contribution < 1.29 is 19.4 Å². The minimum atomic E-state index is -0.697. The molecule has 2 aliphatic rings. The van der Waals surface area contributed by atoms with Gasteiger partial charge in [0.05, 0.1) is 39.2 Å². The van der Waals surface area contributed by atoms with Crippen LogP contribution in [0.3, 0.4) is 0 Å². The van der Waals surface area contributed by atoms with Gasteiger partial charge in [-0.1, -0.05) is 53.5 Å². The highest BCUT2D eigenvalue weighted by atomic mass is 35.5. The molecule has 3 aromatic heterocycles. The average molecular weight is 775 g/mol. The molecule has 0 radical (unpaired) electrons. The fraction of sp³-hybridized carbons (Fsp3) is 0.359. The minimum Gasteiger partial charge on any atom is -0.481 e. The number of hydrogen-bond acceptors (Lipinski definition) is 10. The number of pyridine rings is 2. The van der Waals surface area contributed by atoms with Crippen LogP contribution in [0.2, 0.25) is 10.0 Å². The third-order valence-corrected chi connectivity index (χ3v) is 11.9. The average Bonchev–Trinajstić information content (AvgIpc) is 3.78. The first-order valence-corrected chi connectivity index (χ1v) is 19.4. The molecule has 0 spiro atoms. The maximum Gasteiger partial charge on any atom is 0.306 e. The van der Waals surface area contributed by atoms with Gasteiger partial charge in [0.1, 0.15) is 10.5 Å². The van der Waals surface area contributed by atoms with Crippen molar-refractivity contribution in [2.75, 3.05) is 19.0 Å². The molecular weight excluding hydrogens is 733 g/mol. The van der Waals surface area contributed by atoms with Crippen molar-refractivity contribution in [3.8, 4) is 28.3 Å². The number of aryl methyl sites for hydroxylation is 1. The number of methoxy groups -OCH3 is 1. The highest BCUT2D eigenvalue weighted by molar-refractivity contribution is 7.18. The third-order valence-electron chi connectivity index (χ3n) is 10.1. The lowest BCUT2D eigenvalue weighted by Gasteiger charge is -2.26. The number of nitrogens with one attached hydrogen (secondary N) is 4. The summed E-state index contributed by atoms with van der Waals surface area (Å²) in [6.45, 7) is 3.85. The number of carbonyl (C=O) groups is 2. The first kappa shape index (κ1) is 37.0. The third kappa shape index (κ3) is 8.27. The van der Waals surface area contributed by atoms with E-state index >= 15 is 0 Å². The van der Waals surface area contributed by atoms with Crippen molar-refractivity contribution in [3.63, 3.8) is 0 Å². The van der Waals surface area contributed by atoms with Gasteiger partial charge in [-0.2, -0.15) is 0 Å². The number of aliphatic carboxylic acids is 1. The SMILES string of the molecule is COc1nc(-c2cccc(-c3cccc(Nc4nccc5sc(CNC6CCC(C(=O)O)CC6)nc45)c3Cl)c2Cl)cc(C)c1CNCC1CCC(=O)N1. The molecular formula is C39H41Cl2N7O4S. The first-order chi connectivity index (χ1) is 25.7. The maximum atomic E-state index is 11.6. The molecule has 53 heavy (non-hydrogen) atoms. The van der Waals surface area contributed by atoms with Gasteiger partial charge in [-0.05, 0) is 62.8 Å². The Bertz CT molecular complexity index is 2150. The molecule has 7 rings (SSSR count). The van der Waals surface area contributed by atoms with Gasteiger partial charge >= 0.3 is 5.97 Å². The van der Waals surface area contributed by atoms with E-state index in [9.17, 15) is 14.7 Å². The number of amides is 1. The molecule has 1 amide bonds. The lowest BCUT2D eigenvalue weighted by atomic mass is 9.86. The molecule has 14 heteroatoms. The molecule has 1 unspecified atom stereocenters. The van der Waals surface area contributed by atoms with E-state index in [4.69, 9.17) is 37.9 Å². The fourth-order valence-electron chi connectivity index (χ4n) is 7.14. The second-order valence-corrected chi connectivity index (χ2v) is 15.5. The number of ether oxygens (including phenoxy) is 1. The molecule has 5 N–H and O–H groups in total. The van der Waals surface area contributed by atoms with Gasteiger partial charge in [-0.25, -0.2) is 15.0 Å². The van der Waals surface area contributed by atoms with Crippen molar-refractivity contribution >= 4 is 68.1 Å². The highest BCUT2D eigenvalue weighted by Gasteiger charge is 2.26. The summed E-state index contributed by atoms with van der Waals surface area (Å²) < 4.78 is 6.73. The number of anilines is 2. The summed E-state index contributed by atoms with van der Waals surface area (Å²) in [5.74, 6) is 0.272. The molecule has 5 aromatic rings. The summed E-state index contributed by atoms with van der Waals surface area (Å²) in [5.41, 5.74) is 6.31. The lowest BCUT2D eigenvalue weighted by molar-refractivity contribution is -0.142. The van der Waals surface area contributed by atoms with Crippen LogP contribution in [0.5, 0.6) is 5.88 Å². The van der Waals surface area contributed by atoms with Crippen molar-refractivity contribution in [2.24, 2.45) is 5.92 Å². The summed E-state index contributed by atoms with van der Waals surface area (Å²) in [6, 6.07) is 15.9. The van der Waals surface area contributed by atoms with Crippen LogP contribution in [-0.2, 0) is 22.7 Å². The number of thiazole rings is 1. The Labute approximate surface area is 321 Å². The molecule has 1 saturated carbocycles. The van der Waals surface area contributed by atoms with Crippen LogP contribution in [-0.4, -0.2) is 57.7 Å².